The van der Waals surface area contributed by atoms with Crippen molar-refractivity contribution in [3.8, 4) is 5.75 Å². The quantitative estimate of drug-likeness (QED) is 0.876. The lowest BCUT2D eigenvalue weighted by molar-refractivity contribution is 0.100. The third-order valence-electron chi connectivity index (χ3n) is 6.28. The van der Waals surface area contributed by atoms with Crippen molar-refractivity contribution in [1.29, 1.82) is 0 Å². The molecule has 2 aliphatic rings. The number of nitrogens with one attached hydrogen (secondary N) is 1. The van der Waals surface area contributed by atoms with Crippen LogP contribution in [0.2, 0.25) is 0 Å². The molecule has 0 saturated heterocycles. The molecule has 1 N–H and O–H groups in total. The Hall–Kier alpha value is -1.02. The zero-order chi connectivity index (χ0) is 15.3. The third-order valence-corrected chi connectivity index (χ3v) is 6.28. The summed E-state index contributed by atoms with van der Waals surface area (Å²) >= 11 is 0. The summed E-state index contributed by atoms with van der Waals surface area (Å²) in [4.78, 5) is 0. The van der Waals surface area contributed by atoms with Gasteiger partial charge < -0.3 is 10.1 Å². The Bertz CT molecular complexity index is 519. The van der Waals surface area contributed by atoms with Gasteiger partial charge in [0.2, 0.25) is 0 Å². The first-order chi connectivity index (χ1) is 9.87. The van der Waals surface area contributed by atoms with Crippen LogP contribution in [0.4, 0.5) is 0 Å². The van der Waals surface area contributed by atoms with E-state index in [2.05, 4.69) is 51.2 Å². The Labute approximate surface area is 129 Å². The molecule has 0 aliphatic heterocycles. The molecule has 4 atom stereocenters. The summed E-state index contributed by atoms with van der Waals surface area (Å²) in [6.07, 6.45) is 4.18. The normalized spacial score (nSPS) is 34.9. The van der Waals surface area contributed by atoms with Crippen molar-refractivity contribution in [2.75, 3.05) is 7.11 Å². The van der Waals surface area contributed by atoms with Gasteiger partial charge in [-0.1, -0.05) is 32.9 Å². The maximum atomic E-state index is 5.36. The van der Waals surface area contributed by atoms with E-state index < -0.39 is 0 Å². The molecule has 0 aromatic heterocycles. The second kappa shape index (κ2) is 5.01. The number of ether oxygens (including phenoxy) is 1. The van der Waals surface area contributed by atoms with E-state index in [1.165, 1.54) is 24.8 Å². The fourth-order valence-corrected chi connectivity index (χ4v) is 4.98. The van der Waals surface area contributed by atoms with Crippen LogP contribution in [0, 0.1) is 16.7 Å². The first kappa shape index (κ1) is 14.9. The monoisotopic (exact) mass is 287 g/mol. The molecule has 2 heteroatoms. The van der Waals surface area contributed by atoms with Gasteiger partial charge in [0.05, 0.1) is 7.11 Å². The van der Waals surface area contributed by atoms with Crippen LogP contribution in [0.3, 0.4) is 0 Å². The number of hydrogen-bond acceptors (Lipinski definition) is 2. The average molecular weight is 287 g/mol. The van der Waals surface area contributed by atoms with Gasteiger partial charge in [-0.05, 0) is 60.6 Å². The lowest BCUT2D eigenvalue weighted by Gasteiger charge is -2.44. The molecule has 0 radical (unpaired) electrons. The fraction of sp³-hybridized carbons (Fsp3) is 0.684. The van der Waals surface area contributed by atoms with Gasteiger partial charge in [-0.2, -0.15) is 0 Å². The smallest absolute Gasteiger partial charge is 0.119 e. The van der Waals surface area contributed by atoms with E-state index in [4.69, 9.17) is 4.74 Å². The summed E-state index contributed by atoms with van der Waals surface area (Å²) in [6, 6.07) is 9.41. The highest BCUT2D eigenvalue weighted by Gasteiger charge is 2.59. The first-order valence-electron chi connectivity index (χ1n) is 8.27. The Morgan fingerprint density at radius 1 is 1.29 bits per heavy atom. The molecule has 1 aromatic carbocycles. The van der Waals surface area contributed by atoms with Crippen LogP contribution in [0.25, 0.3) is 0 Å². The highest BCUT2D eigenvalue weighted by atomic mass is 16.5. The Kier molecular flexibility index (Phi) is 3.56. The summed E-state index contributed by atoms with van der Waals surface area (Å²) < 4.78 is 5.36. The van der Waals surface area contributed by atoms with Crippen LogP contribution >= 0.6 is 0 Å². The van der Waals surface area contributed by atoms with E-state index in [0.717, 1.165) is 11.7 Å². The lowest BCUT2D eigenvalue weighted by atomic mass is 9.68. The van der Waals surface area contributed by atoms with Crippen LogP contribution in [-0.4, -0.2) is 13.2 Å². The second-order valence-corrected chi connectivity index (χ2v) is 8.01. The average Bonchev–Trinajstić information content (AvgIpc) is 2.94. The minimum absolute atomic E-state index is 0.362. The fourth-order valence-electron chi connectivity index (χ4n) is 4.98. The summed E-state index contributed by atoms with van der Waals surface area (Å²) in [5.41, 5.74) is 2.19. The molecule has 2 fully saturated rings. The molecule has 21 heavy (non-hydrogen) atoms. The molecule has 1 unspecified atom stereocenters. The zero-order valence-electron chi connectivity index (χ0n) is 14.1. The maximum Gasteiger partial charge on any atom is 0.119 e. The number of rotatable bonds is 4. The molecule has 116 valence electrons. The van der Waals surface area contributed by atoms with E-state index in [1.807, 2.05) is 6.07 Å². The first-order valence-corrected chi connectivity index (χ1v) is 8.27. The lowest BCUT2D eigenvalue weighted by Crippen LogP contribution is -2.50. The topological polar surface area (TPSA) is 21.3 Å². The highest BCUT2D eigenvalue weighted by molar-refractivity contribution is 5.30. The predicted octanol–water partition coefficient (Wildman–Crippen LogP) is 4.56. The van der Waals surface area contributed by atoms with Gasteiger partial charge in [-0.15, -0.1) is 0 Å². The molecule has 3 rings (SSSR count). The molecule has 2 nitrogen and oxygen atoms in total. The molecule has 1 aromatic rings. The van der Waals surface area contributed by atoms with Crippen molar-refractivity contribution in [2.24, 2.45) is 16.7 Å². The van der Waals surface area contributed by atoms with E-state index in [1.54, 1.807) is 7.11 Å². The van der Waals surface area contributed by atoms with Crippen LogP contribution in [0.1, 0.15) is 58.6 Å². The van der Waals surface area contributed by atoms with Gasteiger partial charge in [0.15, 0.2) is 0 Å². The summed E-state index contributed by atoms with van der Waals surface area (Å²) in [5, 5.41) is 3.95. The van der Waals surface area contributed by atoms with Gasteiger partial charge in [0.25, 0.3) is 0 Å². The van der Waals surface area contributed by atoms with E-state index in [-0.39, 0.29) is 0 Å². The largest absolute Gasteiger partial charge is 0.497 e. The van der Waals surface area contributed by atoms with Crippen molar-refractivity contribution >= 4 is 0 Å². The SMILES string of the molecule is COc1cccc([C@@H](C)NC2C(C)(C)[C@H]3CC[C@]2(C)C3)c1. The molecule has 2 bridgehead atoms. The molecule has 0 amide bonds. The van der Waals surface area contributed by atoms with Crippen LogP contribution in [0.5, 0.6) is 5.75 Å². The van der Waals surface area contributed by atoms with Crippen molar-refractivity contribution in [3.63, 3.8) is 0 Å². The number of methoxy groups -OCH3 is 1. The number of hydrogen-bond donors (Lipinski definition) is 1. The molecular formula is C19H29NO. The summed E-state index contributed by atoms with van der Waals surface area (Å²) in [7, 11) is 1.73. The number of benzene rings is 1. The minimum Gasteiger partial charge on any atom is -0.497 e. The van der Waals surface area contributed by atoms with E-state index in [9.17, 15) is 0 Å². The van der Waals surface area contributed by atoms with Gasteiger partial charge in [-0.25, -0.2) is 0 Å². The highest BCUT2D eigenvalue weighted by Crippen LogP contribution is 2.62. The van der Waals surface area contributed by atoms with Crippen molar-refractivity contribution in [3.05, 3.63) is 29.8 Å². The van der Waals surface area contributed by atoms with Crippen molar-refractivity contribution in [2.45, 2.75) is 59.0 Å². The van der Waals surface area contributed by atoms with Gasteiger partial charge in [0, 0.05) is 12.1 Å². The molecule has 2 aliphatic carbocycles. The van der Waals surface area contributed by atoms with E-state index in [0.29, 0.717) is 22.9 Å². The second-order valence-electron chi connectivity index (χ2n) is 8.01. The molecule has 0 spiro atoms. The zero-order valence-corrected chi connectivity index (χ0v) is 14.1. The van der Waals surface area contributed by atoms with Crippen molar-refractivity contribution < 1.29 is 4.74 Å². The Morgan fingerprint density at radius 3 is 2.67 bits per heavy atom. The van der Waals surface area contributed by atoms with Gasteiger partial charge in [0.1, 0.15) is 5.75 Å². The van der Waals surface area contributed by atoms with Crippen LogP contribution in [-0.2, 0) is 0 Å². The van der Waals surface area contributed by atoms with E-state index >= 15 is 0 Å². The van der Waals surface area contributed by atoms with Crippen LogP contribution < -0.4 is 10.1 Å². The summed E-state index contributed by atoms with van der Waals surface area (Å²) in [6.45, 7) is 9.67. The van der Waals surface area contributed by atoms with Crippen molar-refractivity contribution in [1.82, 2.24) is 5.32 Å². The van der Waals surface area contributed by atoms with Crippen LogP contribution in [0.15, 0.2) is 24.3 Å². The standard InChI is InChI=1S/C19H29NO/c1-13(14-7-6-8-16(11-14)21-5)20-17-18(2,3)15-9-10-19(17,4)12-15/h6-8,11,13,15,17,20H,9-10,12H2,1-5H3/t13-,15+,17?,19-/m1/s1. The molecule has 0 heterocycles. The summed E-state index contributed by atoms with van der Waals surface area (Å²) in [5.74, 6) is 1.83. The van der Waals surface area contributed by atoms with Gasteiger partial charge >= 0.3 is 0 Å². The minimum atomic E-state index is 0.362. The maximum absolute atomic E-state index is 5.36. The Morgan fingerprint density at radius 2 is 2.05 bits per heavy atom. The number of fused-ring (bicyclic) bond motifs is 2. The third kappa shape index (κ3) is 2.38. The predicted molar refractivity (Wildman–Crippen MR) is 87.6 cm³/mol. The molecule has 2 saturated carbocycles. The van der Waals surface area contributed by atoms with Gasteiger partial charge in [-0.3, -0.25) is 0 Å². The Balaban J connectivity index is 1.79. The molecular weight excluding hydrogens is 258 g/mol.